The van der Waals surface area contributed by atoms with Crippen LogP contribution in [0.2, 0.25) is 0 Å². The van der Waals surface area contributed by atoms with Crippen molar-refractivity contribution >= 4 is 29.1 Å². The Bertz CT molecular complexity index is 592. The minimum atomic E-state index is -0.397. The molecule has 0 radical (unpaired) electrons. The van der Waals surface area contributed by atoms with Gasteiger partial charge >= 0.3 is 0 Å². The van der Waals surface area contributed by atoms with Crippen LogP contribution in [0.15, 0.2) is 18.2 Å². The molecule has 0 saturated carbocycles. The van der Waals surface area contributed by atoms with E-state index in [1.807, 2.05) is 6.92 Å². The largest absolute Gasteiger partial charge is 0.399 e. The molecule has 2 unspecified atom stereocenters. The van der Waals surface area contributed by atoms with Gasteiger partial charge in [-0.3, -0.25) is 19.3 Å². The highest BCUT2D eigenvalue weighted by Gasteiger charge is 2.42. The average Bonchev–Trinajstić information content (AvgIpc) is 2.60. The Morgan fingerprint density at radius 3 is 2.33 bits per heavy atom. The van der Waals surface area contributed by atoms with Gasteiger partial charge < -0.3 is 11.1 Å². The summed E-state index contributed by atoms with van der Waals surface area (Å²) in [5.41, 5.74) is 7.70. The number of amides is 3. The number of anilines is 2. The van der Waals surface area contributed by atoms with E-state index >= 15 is 0 Å². The molecule has 1 fully saturated rings. The predicted molar refractivity (Wildman–Crippen MR) is 79.3 cm³/mol. The second-order valence-electron chi connectivity index (χ2n) is 5.46. The van der Waals surface area contributed by atoms with Gasteiger partial charge in [-0.05, 0) is 30.7 Å². The molecule has 1 aromatic carbocycles. The van der Waals surface area contributed by atoms with Crippen molar-refractivity contribution in [1.29, 1.82) is 0 Å². The molecule has 1 saturated heterocycles. The summed E-state index contributed by atoms with van der Waals surface area (Å²) in [6, 6.07) is 5.12. The monoisotopic (exact) mass is 289 g/mol. The van der Waals surface area contributed by atoms with E-state index in [9.17, 15) is 14.4 Å². The van der Waals surface area contributed by atoms with Crippen molar-refractivity contribution in [2.45, 2.75) is 20.8 Å². The van der Waals surface area contributed by atoms with Gasteiger partial charge in [0.25, 0.3) is 0 Å². The van der Waals surface area contributed by atoms with Gasteiger partial charge in [0.2, 0.25) is 17.7 Å². The van der Waals surface area contributed by atoms with Crippen molar-refractivity contribution in [2.24, 2.45) is 11.8 Å². The fourth-order valence-electron chi connectivity index (χ4n) is 2.34. The van der Waals surface area contributed by atoms with Crippen molar-refractivity contribution in [1.82, 2.24) is 4.90 Å². The molecule has 0 aliphatic carbocycles. The first-order valence-corrected chi connectivity index (χ1v) is 6.82. The van der Waals surface area contributed by atoms with E-state index in [0.29, 0.717) is 11.4 Å². The lowest BCUT2D eigenvalue weighted by Gasteiger charge is -2.15. The number of nitrogens with zero attached hydrogens (tertiary/aromatic N) is 1. The lowest BCUT2D eigenvalue weighted by molar-refractivity contribution is -0.142. The molecule has 1 heterocycles. The molecule has 21 heavy (non-hydrogen) atoms. The molecule has 1 aliphatic heterocycles. The second-order valence-corrected chi connectivity index (χ2v) is 5.46. The zero-order valence-electron chi connectivity index (χ0n) is 12.3. The molecule has 6 nitrogen and oxygen atoms in total. The molecule has 2 rings (SSSR count). The van der Waals surface area contributed by atoms with Crippen molar-refractivity contribution in [3.63, 3.8) is 0 Å². The number of rotatable bonds is 3. The predicted octanol–water partition coefficient (Wildman–Crippen LogP) is 1.16. The third kappa shape index (κ3) is 2.89. The fourth-order valence-corrected chi connectivity index (χ4v) is 2.34. The van der Waals surface area contributed by atoms with Crippen LogP contribution in [0.4, 0.5) is 11.4 Å². The van der Waals surface area contributed by atoms with Crippen molar-refractivity contribution in [2.75, 3.05) is 17.6 Å². The maximum absolute atomic E-state index is 12.0. The Balaban J connectivity index is 2.05. The molecule has 1 aliphatic rings. The van der Waals surface area contributed by atoms with E-state index in [-0.39, 0.29) is 30.2 Å². The number of nitrogens with one attached hydrogen (secondary N) is 1. The van der Waals surface area contributed by atoms with Gasteiger partial charge in [-0.15, -0.1) is 0 Å². The number of aryl methyl sites for hydroxylation is 1. The summed E-state index contributed by atoms with van der Waals surface area (Å²) < 4.78 is 0. The smallest absolute Gasteiger partial charge is 0.244 e. The third-order valence-corrected chi connectivity index (χ3v) is 3.89. The molecule has 0 bridgehead atoms. The number of imide groups is 1. The first-order chi connectivity index (χ1) is 9.81. The van der Waals surface area contributed by atoms with Crippen LogP contribution in [0, 0.1) is 18.8 Å². The maximum Gasteiger partial charge on any atom is 0.244 e. The third-order valence-electron chi connectivity index (χ3n) is 3.89. The first kappa shape index (κ1) is 15.0. The first-order valence-electron chi connectivity index (χ1n) is 6.82. The molecule has 112 valence electrons. The number of likely N-dealkylation sites (tertiary alicyclic amines) is 1. The Morgan fingerprint density at radius 2 is 1.81 bits per heavy atom. The minimum absolute atomic E-state index is 0.254. The SMILES string of the molecule is Cc1cc(N)ccc1NC(=O)CN1C(=O)C(C)C(C)C1=O. The zero-order chi connectivity index (χ0) is 15.7. The standard InChI is InChI=1S/C15H19N3O3/c1-8-6-11(16)4-5-12(8)17-13(19)7-18-14(20)9(2)10(3)15(18)21/h4-6,9-10H,7,16H2,1-3H3,(H,17,19). The summed E-state index contributed by atoms with van der Waals surface area (Å²) in [4.78, 5) is 36.9. The molecule has 2 atom stereocenters. The van der Waals surface area contributed by atoms with Crippen molar-refractivity contribution in [3.8, 4) is 0 Å². The Kier molecular flexibility index (Phi) is 3.97. The van der Waals surface area contributed by atoms with Gasteiger partial charge in [0.1, 0.15) is 6.54 Å². The molecule has 0 aromatic heterocycles. The lowest BCUT2D eigenvalue weighted by Crippen LogP contribution is -2.38. The van der Waals surface area contributed by atoms with Gasteiger partial charge in [-0.25, -0.2) is 0 Å². The topological polar surface area (TPSA) is 92.5 Å². The fraction of sp³-hybridized carbons (Fsp3) is 0.400. The summed E-state index contributed by atoms with van der Waals surface area (Å²) in [6.07, 6.45) is 0. The molecule has 0 spiro atoms. The van der Waals surface area contributed by atoms with E-state index < -0.39 is 5.91 Å². The summed E-state index contributed by atoms with van der Waals surface area (Å²) in [5.74, 6) is -1.73. The Hall–Kier alpha value is -2.37. The highest BCUT2D eigenvalue weighted by atomic mass is 16.2. The van der Waals surface area contributed by atoms with Gasteiger partial charge in [0, 0.05) is 23.2 Å². The molecule has 3 amide bonds. The van der Waals surface area contributed by atoms with Crippen LogP contribution in [0.5, 0.6) is 0 Å². The van der Waals surface area contributed by atoms with Crippen molar-refractivity contribution in [3.05, 3.63) is 23.8 Å². The number of hydrogen-bond donors (Lipinski definition) is 2. The number of hydrogen-bond acceptors (Lipinski definition) is 4. The zero-order valence-corrected chi connectivity index (χ0v) is 12.3. The van der Waals surface area contributed by atoms with Crippen LogP contribution in [-0.2, 0) is 14.4 Å². The normalized spacial score (nSPS) is 21.8. The van der Waals surface area contributed by atoms with Crippen LogP contribution in [0.3, 0.4) is 0 Å². The van der Waals surface area contributed by atoms with E-state index in [1.165, 1.54) is 0 Å². The van der Waals surface area contributed by atoms with E-state index in [1.54, 1.807) is 32.0 Å². The molecule has 6 heteroatoms. The average molecular weight is 289 g/mol. The number of benzene rings is 1. The lowest BCUT2D eigenvalue weighted by atomic mass is 10.00. The quantitative estimate of drug-likeness (QED) is 0.645. The Labute approximate surface area is 123 Å². The summed E-state index contributed by atoms with van der Waals surface area (Å²) in [6.45, 7) is 4.97. The number of nitrogens with two attached hydrogens (primary N) is 1. The van der Waals surface area contributed by atoms with Gasteiger partial charge in [-0.2, -0.15) is 0 Å². The highest BCUT2D eigenvalue weighted by molar-refractivity contribution is 6.08. The molecule has 3 N–H and O–H groups in total. The van der Waals surface area contributed by atoms with E-state index in [2.05, 4.69) is 5.32 Å². The molecular formula is C15H19N3O3. The van der Waals surface area contributed by atoms with Gasteiger partial charge in [0.05, 0.1) is 0 Å². The van der Waals surface area contributed by atoms with E-state index in [4.69, 9.17) is 5.73 Å². The minimum Gasteiger partial charge on any atom is -0.399 e. The number of carbonyl (C=O) groups is 3. The molecule has 1 aromatic rings. The summed E-state index contributed by atoms with van der Waals surface area (Å²) in [7, 11) is 0. The number of nitrogen functional groups attached to an aromatic ring is 1. The number of carbonyl (C=O) groups excluding carboxylic acids is 3. The highest BCUT2D eigenvalue weighted by Crippen LogP contribution is 2.25. The Morgan fingerprint density at radius 1 is 1.24 bits per heavy atom. The van der Waals surface area contributed by atoms with Crippen LogP contribution >= 0.6 is 0 Å². The maximum atomic E-state index is 12.0. The van der Waals surface area contributed by atoms with Crippen LogP contribution < -0.4 is 11.1 Å². The van der Waals surface area contributed by atoms with Crippen molar-refractivity contribution < 1.29 is 14.4 Å². The van der Waals surface area contributed by atoms with E-state index in [0.717, 1.165) is 10.5 Å². The van der Waals surface area contributed by atoms with Crippen LogP contribution in [0.1, 0.15) is 19.4 Å². The summed E-state index contributed by atoms with van der Waals surface area (Å²) in [5, 5.41) is 2.69. The summed E-state index contributed by atoms with van der Waals surface area (Å²) >= 11 is 0. The van der Waals surface area contributed by atoms with Gasteiger partial charge in [0.15, 0.2) is 0 Å². The van der Waals surface area contributed by atoms with Crippen LogP contribution in [0.25, 0.3) is 0 Å². The second kappa shape index (κ2) is 5.55. The van der Waals surface area contributed by atoms with Crippen LogP contribution in [-0.4, -0.2) is 29.2 Å². The molecular weight excluding hydrogens is 270 g/mol. The van der Waals surface area contributed by atoms with Gasteiger partial charge in [-0.1, -0.05) is 13.8 Å².